The van der Waals surface area contributed by atoms with Crippen LogP contribution in [0.3, 0.4) is 0 Å². The maximum atomic E-state index is 13.0. The Bertz CT molecular complexity index is 1400. The average molecular weight is 528 g/mol. The molecule has 1 aromatic carbocycles. The van der Waals surface area contributed by atoms with Gasteiger partial charge >= 0.3 is 0 Å². The molecule has 2 saturated heterocycles. The van der Waals surface area contributed by atoms with Gasteiger partial charge in [0.2, 0.25) is 21.9 Å². The van der Waals surface area contributed by atoms with E-state index in [1.807, 2.05) is 4.90 Å². The Morgan fingerprint density at radius 3 is 2.50 bits per heavy atom. The van der Waals surface area contributed by atoms with E-state index in [0.717, 1.165) is 11.8 Å². The third-order valence-corrected chi connectivity index (χ3v) is 8.20. The zero-order valence-electron chi connectivity index (χ0n) is 18.9. The van der Waals surface area contributed by atoms with Crippen LogP contribution >= 0.6 is 11.8 Å². The third-order valence-electron chi connectivity index (χ3n) is 5.48. The van der Waals surface area contributed by atoms with Crippen LogP contribution in [0.15, 0.2) is 69.0 Å². The van der Waals surface area contributed by atoms with E-state index in [0.29, 0.717) is 30.5 Å². The molecule has 0 aliphatic carbocycles. The first-order chi connectivity index (χ1) is 17.4. The van der Waals surface area contributed by atoms with Gasteiger partial charge in [-0.15, -0.1) is 0 Å². The number of sulfonamides is 1. The van der Waals surface area contributed by atoms with Gasteiger partial charge in [-0.2, -0.15) is 9.29 Å². The van der Waals surface area contributed by atoms with Crippen LogP contribution in [0.25, 0.3) is 6.08 Å². The quantitative estimate of drug-likeness (QED) is 0.457. The van der Waals surface area contributed by atoms with Crippen LogP contribution in [0.5, 0.6) is 5.88 Å². The molecule has 5 rings (SSSR count). The summed E-state index contributed by atoms with van der Waals surface area (Å²) in [5.74, 6) is 0.677. The van der Waals surface area contributed by atoms with Crippen LogP contribution in [0.2, 0.25) is 0 Å². The fourth-order valence-corrected chi connectivity index (χ4v) is 5.79. The largest absolute Gasteiger partial charge is 0.469 e. The maximum absolute atomic E-state index is 13.0. The number of ether oxygens (including phenoxy) is 1. The fourth-order valence-electron chi connectivity index (χ4n) is 3.68. The number of benzene rings is 1. The number of anilines is 1. The first-order valence-electron chi connectivity index (χ1n) is 11.0. The van der Waals surface area contributed by atoms with Crippen molar-refractivity contribution in [3.05, 3.63) is 71.2 Å². The molecule has 36 heavy (non-hydrogen) atoms. The number of carbonyl (C=O) groups excluding carboxylic acids is 2. The SMILES string of the molecule is O=C1NC(=O)/C(=C/c2cc(OCc3ccco3)nc(N3CCN(S(=O)(=O)c4ccccc4)CC3)n2)S1. The number of aromatic nitrogens is 2. The van der Waals surface area contributed by atoms with E-state index in [-0.39, 0.29) is 35.4 Å². The molecular formula is C23H21N5O6S2. The molecule has 186 valence electrons. The predicted molar refractivity (Wildman–Crippen MR) is 132 cm³/mol. The molecule has 2 aliphatic heterocycles. The Labute approximate surface area is 211 Å². The van der Waals surface area contributed by atoms with Crippen molar-refractivity contribution in [2.24, 2.45) is 0 Å². The van der Waals surface area contributed by atoms with Gasteiger partial charge in [0, 0.05) is 32.2 Å². The van der Waals surface area contributed by atoms with Crippen LogP contribution < -0.4 is 15.0 Å². The molecule has 4 heterocycles. The van der Waals surface area contributed by atoms with E-state index in [1.54, 1.807) is 48.5 Å². The summed E-state index contributed by atoms with van der Waals surface area (Å²) in [5, 5.41) is 1.76. The van der Waals surface area contributed by atoms with Gasteiger partial charge in [0.1, 0.15) is 12.4 Å². The Hall–Kier alpha value is -3.68. The summed E-state index contributed by atoms with van der Waals surface area (Å²) < 4.78 is 38.4. The fraction of sp³-hybridized carbons (Fsp3) is 0.217. The Morgan fingerprint density at radius 1 is 1.06 bits per heavy atom. The van der Waals surface area contributed by atoms with Crippen molar-refractivity contribution in [2.45, 2.75) is 11.5 Å². The van der Waals surface area contributed by atoms with Crippen molar-refractivity contribution in [1.82, 2.24) is 19.6 Å². The summed E-state index contributed by atoms with van der Waals surface area (Å²) in [5.41, 5.74) is 0.376. The minimum absolute atomic E-state index is 0.135. The monoisotopic (exact) mass is 527 g/mol. The van der Waals surface area contributed by atoms with Crippen molar-refractivity contribution in [3.63, 3.8) is 0 Å². The summed E-state index contributed by atoms with van der Waals surface area (Å²) in [7, 11) is -3.60. The number of carbonyl (C=O) groups is 2. The third kappa shape index (κ3) is 5.27. The Kier molecular flexibility index (Phi) is 6.76. The Balaban J connectivity index is 1.37. The molecule has 13 heteroatoms. The maximum Gasteiger partial charge on any atom is 0.290 e. The van der Waals surface area contributed by atoms with Crippen molar-refractivity contribution < 1.29 is 27.2 Å². The number of thioether (sulfide) groups is 1. The van der Waals surface area contributed by atoms with Gasteiger partial charge in [-0.25, -0.2) is 13.4 Å². The molecule has 2 aliphatic rings. The van der Waals surface area contributed by atoms with Crippen LogP contribution in [0, 0.1) is 0 Å². The smallest absolute Gasteiger partial charge is 0.290 e. The van der Waals surface area contributed by atoms with Gasteiger partial charge in [-0.05, 0) is 42.1 Å². The summed E-state index contributed by atoms with van der Waals surface area (Å²) in [6.07, 6.45) is 3.03. The highest BCUT2D eigenvalue weighted by Gasteiger charge is 2.30. The van der Waals surface area contributed by atoms with E-state index in [4.69, 9.17) is 9.15 Å². The molecule has 2 amide bonds. The number of rotatable bonds is 7. The number of nitrogens with zero attached hydrogens (tertiary/aromatic N) is 4. The molecule has 2 fully saturated rings. The van der Waals surface area contributed by atoms with Gasteiger partial charge in [0.15, 0.2) is 0 Å². The standard InChI is InChI=1S/C23H21N5O6S2/c29-21-19(35-23(30)26-21)13-16-14-20(34-15-17-5-4-12-33-17)25-22(24-16)27-8-10-28(11-9-27)36(31,32)18-6-2-1-3-7-18/h1-7,12-14H,8-11,15H2,(H,26,29,30)/b19-13-. The summed E-state index contributed by atoms with van der Waals surface area (Å²) in [6.45, 7) is 1.35. The lowest BCUT2D eigenvalue weighted by Crippen LogP contribution is -2.49. The minimum atomic E-state index is -3.60. The highest BCUT2D eigenvalue weighted by Crippen LogP contribution is 2.27. The lowest BCUT2D eigenvalue weighted by atomic mass is 10.3. The number of amides is 2. The lowest BCUT2D eigenvalue weighted by molar-refractivity contribution is -0.115. The van der Waals surface area contributed by atoms with Gasteiger partial charge in [-0.1, -0.05) is 18.2 Å². The van der Waals surface area contributed by atoms with Gasteiger partial charge < -0.3 is 14.1 Å². The van der Waals surface area contributed by atoms with E-state index < -0.39 is 21.2 Å². The molecule has 0 spiro atoms. The highest BCUT2D eigenvalue weighted by atomic mass is 32.2. The zero-order chi connectivity index (χ0) is 25.1. The summed E-state index contributed by atoms with van der Waals surface area (Å²) in [4.78, 5) is 34.9. The van der Waals surface area contributed by atoms with Crippen LogP contribution in [-0.4, -0.2) is 60.0 Å². The lowest BCUT2D eigenvalue weighted by Gasteiger charge is -2.34. The molecule has 11 nitrogen and oxygen atoms in total. The minimum Gasteiger partial charge on any atom is -0.469 e. The van der Waals surface area contributed by atoms with Gasteiger partial charge in [0.25, 0.3) is 11.1 Å². The van der Waals surface area contributed by atoms with Crippen LogP contribution in [0.1, 0.15) is 11.5 Å². The molecule has 0 saturated carbocycles. The van der Waals surface area contributed by atoms with E-state index in [2.05, 4.69) is 15.3 Å². The van der Waals surface area contributed by atoms with Crippen molar-refractivity contribution >= 4 is 45.0 Å². The molecule has 0 unspecified atom stereocenters. The Morgan fingerprint density at radius 2 is 1.83 bits per heavy atom. The van der Waals surface area contributed by atoms with Gasteiger partial charge in [-0.3, -0.25) is 14.9 Å². The highest BCUT2D eigenvalue weighted by molar-refractivity contribution is 8.18. The number of piperazine rings is 1. The molecule has 0 radical (unpaired) electrons. The second-order valence-electron chi connectivity index (χ2n) is 7.86. The normalized spacial score (nSPS) is 18.0. The molecule has 1 N–H and O–H groups in total. The van der Waals surface area contributed by atoms with E-state index in [9.17, 15) is 18.0 Å². The van der Waals surface area contributed by atoms with E-state index >= 15 is 0 Å². The topological polar surface area (TPSA) is 135 Å². The molecule has 0 atom stereocenters. The number of furan rings is 1. The van der Waals surface area contributed by atoms with Crippen molar-refractivity contribution in [2.75, 3.05) is 31.1 Å². The predicted octanol–water partition coefficient (Wildman–Crippen LogP) is 2.48. The number of hydrogen-bond donors (Lipinski definition) is 1. The molecular weight excluding hydrogens is 506 g/mol. The van der Waals surface area contributed by atoms with E-state index in [1.165, 1.54) is 16.6 Å². The first-order valence-corrected chi connectivity index (χ1v) is 13.2. The van der Waals surface area contributed by atoms with Crippen LogP contribution in [-0.2, 0) is 21.4 Å². The summed E-state index contributed by atoms with van der Waals surface area (Å²) >= 11 is 0.786. The van der Waals surface area contributed by atoms with Crippen molar-refractivity contribution in [1.29, 1.82) is 0 Å². The van der Waals surface area contributed by atoms with Crippen LogP contribution in [0.4, 0.5) is 10.7 Å². The second-order valence-corrected chi connectivity index (χ2v) is 10.8. The molecule has 3 aromatic rings. The van der Waals surface area contributed by atoms with Crippen molar-refractivity contribution in [3.8, 4) is 5.88 Å². The number of nitrogens with one attached hydrogen (secondary N) is 1. The van der Waals surface area contributed by atoms with Gasteiger partial charge in [0.05, 0.1) is 21.8 Å². The average Bonchev–Trinajstić information content (AvgIpc) is 3.52. The number of hydrogen-bond acceptors (Lipinski definition) is 10. The number of imide groups is 1. The zero-order valence-corrected chi connectivity index (χ0v) is 20.5. The summed E-state index contributed by atoms with van der Waals surface area (Å²) in [6, 6.07) is 13.4. The molecule has 2 aromatic heterocycles. The molecule has 0 bridgehead atoms. The first kappa shape index (κ1) is 24.0. The second kappa shape index (κ2) is 10.1.